The molecule has 0 saturated heterocycles. The fraction of sp³-hybridized carbons (Fsp3) is 0.304. The molecule has 158 valence electrons. The molecule has 2 amide bonds. The van der Waals surface area contributed by atoms with Gasteiger partial charge in [-0.15, -0.1) is 11.8 Å². The van der Waals surface area contributed by atoms with Gasteiger partial charge in [-0.1, -0.05) is 24.3 Å². The van der Waals surface area contributed by atoms with E-state index < -0.39 is 11.8 Å². The van der Waals surface area contributed by atoms with Gasteiger partial charge in [0, 0.05) is 5.75 Å². The number of amides is 2. The van der Waals surface area contributed by atoms with E-state index in [9.17, 15) is 14.7 Å². The Balaban J connectivity index is 2.02. The van der Waals surface area contributed by atoms with Crippen molar-refractivity contribution >= 4 is 34.8 Å². The zero-order chi connectivity index (χ0) is 21.7. The number of benzene rings is 2. The molecule has 0 unspecified atom stereocenters. The molecule has 2 aromatic carbocycles. The third kappa shape index (κ3) is 4.52. The van der Waals surface area contributed by atoms with Gasteiger partial charge in [-0.25, -0.2) is 4.90 Å². The van der Waals surface area contributed by atoms with E-state index in [0.717, 1.165) is 4.90 Å². The van der Waals surface area contributed by atoms with Gasteiger partial charge in [-0.3, -0.25) is 9.59 Å². The first-order valence-electron chi connectivity index (χ1n) is 9.83. The molecule has 1 heterocycles. The highest BCUT2D eigenvalue weighted by Gasteiger charge is 2.41. The van der Waals surface area contributed by atoms with Gasteiger partial charge in [0.2, 0.25) is 0 Å². The van der Waals surface area contributed by atoms with Crippen LogP contribution in [0.2, 0.25) is 0 Å². The summed E-state index contributed by atoms with van der Waals surface area (Å²) in [6.07, 6.45) is 0.0333. The summed E-state index contributed by atoms with van der Waals surface area (Å²) < 4.78 is 11.3. The molecule has 1 aliphatic rings. The summed E-state index contributed by atoms with van der Waals surface area (Å²) in [6, 6.07) is 14.1. The predicted molar refractivity (Wildman–Crippen MR) is 119 cm³/mol. The lowest BCUT2D eigenvalue weighted by atomic mass is 10.1. The van der Waals surface area contributed by atoms with E-state index in [1.165, 1.54) is 11.8 Å². The Kier molecular flexibility index (Phi) is 7.18. The van der Waals surface area contributed by atoms with Crippen molar-refractivity contribution in [2.24, 2.45) is 0 Å². The van der Waals surface area contributed by atoms with Crippen molar-refractivity contribution in [1.82, 2.24) is 0 Å². The lowest BCUT2D eigenvalue weighted by molar-refractivity contribution is -0.119. The monoisotopic (exact) mass is 427 g/mol. The molecular formula is C23H25NO5S. The Hall–Kier alpha value is -2.77. The summed E-state index contributed by atoms with van der Waals surface area (Å²) in [6.45, 7) is 6.04. The first-order valence-corrected chi connectivity index (χ1v) is 10.8. The average molecular weight is 428 g/mol. The molecule has 0 radical (unpaired) electrons. The van der Waals surface area contributed by atoms with Gasteiger partial charge in [-0.05, 0) is 50.6 Å². The van der Waals surface area contributed by atoms with E-state index in [4.69, 9.17) is 9.47 Å². The first kappa shape index (κ1) is 21.9. The molecule has 0 spiro atoms. The highest BCUT2D eigenvalue weighted by atomic mass is 32.2. The van der Waals surface area contributed by atoms with Gasteiger partial charge in [0.15, 0.2) is 0 Å². The van der Waals surface area contributed by atoms with Crippen LogP contribution in [0.25, 0.3) is 5.57 Å². The third-order valence-corrected chi connectivity index (χ3v) is 5.35. The molecule has 3 rings (SSSR count). The van der Waals surface area contributed by atoms with Crippen LogP contribution in [-0.4, -0.2) is 42.0 Å². The number of nitrogens with zero attached hydrogens (tertiary/aromatic N) is 1. The lowest BCUT2D eigenvalue weighted by Gasteiger charge is -2.19. The summed E-state index contributed by atoms with van der Waals surface area (Å²) in [5.41, 5.74) is 1.35. The Morgan fingerprint density at radius 2 is 1.73 bits per heavy atom. The molecule has 1 aliphatic heterocycles. The SMILES string of the molecule is CCOc1ccccc1N1C(=O)C(SCCO)=C(c2ccc(OC(C)C)cc2)C1=O. The number of hydrogen-bond acceptors (Lipinski definition) is 6. The number of para-hydroxylation sites is 2. The number of hydrogen-bond donors (Lipinski definition) is 1. The van der Waals surface area contributed by atoms with Crippen LogP contribution in [0.4, 0.5) is 5.69 Å². The number of ether oxygens (including phenoxy) is 2. The van der Waals surface area contributed by atoms with E-state index in [0.29, 0.717) is 45.6 Å². The highest BCUT2D eigenvalue weighted by molar-refractivity contribution is 8.04. The molecule has 0 aliphatic carbocycles. The summed E-state index contributed by atoms with van der Waals surface area (Å²) in [4.78, 5) is 28.1. The maximum absolute atomic E-state index is 13.4. The molecule has 0 bridgehead atoms. The topological polar surface area (TPSA) is 76.1 Å². The van der Waals surface area contributed by atoms with E-state index in [1.807, 2.05) is 20.8 Å². The van der Waals surface area contributed by atoms with Gasteiger partial charge in [-0.2, -0.15) is 0 Å². The molecule has 1 N–H and O–H groups in total. The van der Waals surface area contributed by atoms with Crippen LogP contribution in [0.3, 0.4) is 0 Å². The van der Waals surface area contributed by atoms with E-state index in [-0.39, 0.29) is 12.7 Å². The Morgan fingerprint density at radius 1 is 1.03 bits per heavy atom. The number of thioether (sulfide) groups is 1. The van der Waals surface area contributed by atoms with Crippen molar-refractivity contribution in [3.8, 4) is 11.5 Å². The smallest absolute Gasteiger partial charge is 0.272 e. The molecule has 0 saturated carbocycles. The summed E-state index contributed by atoms with van der Waals surface area (Å²) in [7, 11) is 0. The Morgan fingerprint density at radius 3 is 2.37 bits per heavy atom. The van der Waals surface area contributed by atoms with E-state index in [1.54, 1.807) is 48.5 Å². The van der Waals surface area contributed by atoms with Crippen molar-refractivity contribution in [2.75, 3.05) is 23.9 Å². The van der Waals surface area contributed by atoms with Crippen molar-refractivity contribution in [3.63, 3.8) is 0 Å². The van der Waals surface area contributed by atoms with Crippen LogP contribution in [0, 0.1) is 0 Å². The third-order valence-electron chi connectivity index (χ3n) is 4.30. The number of aliphatic hydroxyl groups excluding tert-OH is 1. The van der Waals surface area contributed by atoms with Crippen LogP contribution in [0.5, 0.6) is 11.5 Å². The standard InChI is InChI=1S/C23H25NO5S/c1-4-28-19-8-6-5-7-18(19)24-22(26)20(21(23(24)27)30-14-13-25)16-9-11-17(12-10-16)29-15(2)3/h5-12,15,25H,4,13-14H2,1-3H3. The molecule has 7 heteroatoms. The average Bonchev–Trinajstić information content (AvgIpc) is 2.97. The fourth-order valence-electron chi connectivity index (χ4n) is 3.16. The quantitative estimate of drug-likeness (QED) is 0.612. The number of anilines is 1. The molecule has 0 atom stereocenters. The number of carbonyl (C=O) groups is 2. The number of rotatable bonds is 9. The van der Waals surface area contributed by atoms with Crippen molar-refractivity contribution in [1.29, 1.82) is 0 Å². The van der Waals surface area contributed by atoms with Crippen LogP contribution >= 0.6 is 11.8 Å². The van der Waals surface area contributed by atoms with E-state index in [2.05, 4.69) is 0 Å². The molecule has 6 nitrogen and oxygen atoms in total. The summed E-state index contributed by atoms with van der Waals surface area (Å²) in [5.74, 6) is 0.644. The zero-order valence-corrected chi connectivity index (χ0v) is 18.1. The number of carbonyl (C=O) groups excluding carboxylic acids is 2. The largest absolute Gasteiger partial charge is 0.492 e. The highest BCUT2D eigenvalue weighted by Crippen LogP contribution is 2.41. The summed E-state index contributed by atoms with van der Waals surface area (Å²) >= 11 is 1.18. The normalized spacial score (nSPS) is 14.1. The molecule has 0 fully saturated rings. The van der Waals surface area contributed by atoms with Gasteiger partial charge in [0.25, 0.3) is 11.8 Å². The van der Waals surface area contributed by atoms with Gasteiger partial charge in [0.1, 0.15) is 11.5 Å². The van der Waals surface area contributed by atoms with Crippen molar-refractivity contribution in [3.05, 3.63) is 59.0 Å². The van der Waals surface area contributed by atoms with Crippen LogP contribution in [0.1, 0.15) is 26.3 Å². The minimum atomic E-state index is -0.414. The maximum Gasteiger partial charge on any atom is 0.272 e. The second-order valence-electron chi connectivity index (χ2n) is 6.81. The van der Waals surface area contributed by atoms with Crippen molar-refractivity contribution < 1.29 is 24.2 Å². The lowest BCUT2D eigenvalue weighted by Crippen LogP contribution is -2.31. The van der Waals surface area contributed by atoms with Crippen LogP contribution < -0.4 is 14.4 Å². The van der Waals surface area contributed by atoms with E-state index >= 15 is 0 Å². The van der Waals surface area contributed by atoms with Gasteiger partial charge < -0.3 is 14.6 Å². The van der Waals surface area contributed by atoms with Gasteiger partial charge in [0.05, 0.1) is 35.5 Å². The second kappa shape index (κ2) is 9.82. The molecule has 0 aromatic heterocycles. The summed E-state index contributed by atoms with van der Waals surface area (Å²) in [5, 5.41) is 9.26. The van der Waals surface area contributed by atoms with Crippen molar-refractivity contribution in [2.45, 2.75) is 26.9 Å². The number of aliphatic hydroxyl groups is 1. The van der Waals surface area contributed by atoms with Crippen LogP contribution in [-0.2, 0) is 9.59 Å². The molecule has 2 aromatic rings. The second-order valence-corrected chi connectivity index (χ2v) is 7.92. The van der Waals surface area contributed by atoms with Gasteiger partial charge >= 0.3 is 0 Å². The minimum Gasteiger partial charge on any atom is -0.492 e. The maximum atomic E-state index is 13.4. The molecule has 30 heavy (non-hydrogen) atoms. The predicted octanol–water partition coefficient (Wildman–Crippen LogP) is 3.88. The number of imide groups is 1. The molecular weight excluding hydrogens is 402 g/mol. The minimum absolute atomic E-state index is 0.0333. The Labute approximate surface area is 180 Å². The fourth-order valence-corrected chi connectivity index (χ4v) is 4.02. The zero-order valence-electron chi connectivity index (χ0n) is 17.3. The first-order chi connectivity index (χ1) is 14.5. The Bertz CT molecular complexity index is 952. The van der Waals surface area contributed by atoms with Crippen LogP contribution in [0.15, 0.2) is 53.4 Å².